The Hall–Kier alpha value is -2.89. The van der Waals surface area contributed by atoms with Gasteiger partial charge in [-0.1, -0.05) is 18.2 Å². The standard InChI is InChI=1S/C21H24N4O2/c1-21(2,3)25-18-10-6-9-16(15(18)12-22-25)23-20(27)17-11-13-7-4-5-8-14(13)19(26)24-17/h4-5,7-8,11-12,16H,6,9-10H2,1-3H3,(H,23,27)(H,24,26)/t16-/m1/s1. The largest absolute Gasteiger partial charge is 0.344 e. The number of H-pyrrole nitrogens is 1. The van der Waals surface area contributed by atoms with Crippen molar-refractivity contribution in [2.24, 2.45) is 0 Å². The number of aromatic amines is 1. The third-order valence-electron chi connectivity index (χ3n) is 5.12. The highest BCUT2D eigenvalue weighted by atomic mass is 16.2. The summed E-state index contributed by atoms with van der Waals surface area (Å²) in [4.78, 5) is 27.8. The van der Waals surface area contributed by atoms with Crippen molar-refractivity contribution in [1.29, 1.82) is 0 Å². The topological polar surface area (TPSA) is 79.8 Å². The number of carbonyl (C=O) groups excluding carboxylic acids is 1. The Morgan fingerprint density at radius 3 is 2.85 bits per heavy atom. The van der Waals surface area contributed by atoms with Crippen molar-refractivity contribution in [2.45, 2.75) is 51.6 Å². The van der Waals surface area contributed by atoms with Crippen LogP contribution in [0.3, 0.4) is 0 Å². The smallest absolute Gasteiger partial charge is 0.268 e. The molecule has 0 fully saturated rings. The van der Waals surface area contributed by atoms with Gasteiger partial charge < -0.3 is 10.3 Å². The highest BCUT2D eigenvalue weighted by Gasteiger charge is 2.29. The summed E-state index contributed by atoms with van der Waals surface area (Å²) in [5.74, 6) is -0.265. The van der Waals surface area contributed by atoms with Crippen LogP contribution in [-0.2, 0) is 12.0 Å². The van der Waals surface area contributed by atoms with E-state index in [1.54, 1.807) is 12.1 Å². The van der Waals surface area contributed by atoms with Gasteiger partial charge in [-0.2, -0.15) is 5.10 Å². The van der Waals surface area contributed by atoms with Crippen molar-refractivity contribution < 1.29 is 4.79 Å². The third-order valence-corrected chi connectivity index (χ3v) is 5.12. The maximum Gasteiger partial charge on any atom is 0.268 e. The monoisotopic (exact) mass is 364 g/mol. The predicted molar refractivity (Wildman–Crippen MR) is 105 cm³/mol. The summed E-state index contributed by atoms with van der Waals surface area (Å²) in [5.41, 5.74) is 2.21. The average Bonchev–Trinajstić information content (AvgIpc) is 3.07. The summed E-state index contributed by atoms with van der Waals surface area (Å²) in [6.45, 7) is 6.38. The van der Waals surface area contributed by atoms with Crippen LogP contribution in [0.5, 0.6) is 0 Å². The maximum atomic E-state index is 12.8. The maximum absolute atomic E-state index is 12.8. The zero-order chi connectivity index (χ0) is 19.2. The number of nitrogens with zero attached hydrogens (tertiary/aromatic N) is 2. The Morgan fingerprint density at radius 2 is 2.07 bits per heavy atom. The van der Waals surface area contributed by atoms with Gasteiger partial charge in [0.05, 0.1) is 17.8 Å². The fourth-order valence-corrected chi connectivity index (χ4v) is 3.85. The zero-order valence-electron chi connectivity index (χ0n) is 15.9. The van der Waals surface area contributed by atoms with Gasteiger partial charge in [0.25, 0.3) is 11.5 Å². The minimum atomic E-state index is -0.265. The fraction of sp³-hybridized carbons (Fsp3) is 0.381. The molecule has 6 nitrogen and oxygen atoms in total. The molecule has 0 saturated heterocycles. The molecule has 27 heavy (non-hydrogen) atoms. The molecule has 1 aromatic carbocycles. The van der Waals surface area contributed by atoms with E-state index in [0.29, 0.717) is 5.39 Å². The van der Waals surface area contributed by atoms with E-state index in [4.69, 9.17) is 0 Å². The highest BCUT2D eigenvalue weighted by Crippen LogP contribution is 2.32. The van der Waals surface area contributed by atoms with Gasteiger partial charge in [-0.25, -0.2) is 0 Å². The molecule has 0 spiro atoms. The molecule has 0 bridgehead atoms. The lowest BCUT2D eigenvalue weighted by Gasteiger charge is -2.28. The van der Waals surface area contributed by atoms with Gasteiger partial charge in [-0.05, 0) is 57.6 Å². The lowest BCUT2D eigenvalue weighted by Crippen LogP contribution is -2.33. The van der Waals surface area contributed by atoms with Gasteiger partial charge in [0.15, 0.2) is 0 Å². The number of fused-ring (bicyclic) bond motifs is 2. The Labute approximate surface area is 157 Å². The van der Waals surface area contributed by atoms with Gasteiger partial charge in [0, 0.05) is 16.6 Å². The fourth-order valence-electron chi connectivity index (χ4n) is 3.85. The van der Waals surface area contributed by atoms with Gasteiger partial charge in [0.2, 0.25) is 0 Å². The number of aromatic nitrogens is 3. The molecule has 0 unspecified atom stereocenters. The lowest BCUT2D eigenvalue weighted by molar-refractivity contribution is 0.0927. The second kappa shape index (κ2) is 6.37. The van der Waals surface area contributed by atoms with Crippen molar-refractivity contribution in [2.75, 3.05) is 0 Å². The number of hydrogen-bond donors (Lipinski definition) is 2. The van der Waals surface area contributed by atoms with Crippen LogP contribution in [0.4, 0.5) is 0 Å². The van der Waals surface area contributed by atoms with E-state index < -0.39 is 0 Å². The number of pyridine rings is 1. The first-order valence-electron chi connectivity index (χ1n) is 9.35. The van der Waals surface area contributed by atoms with E-state index in [2.05, 4.69) is 40.9 Å². The third kappa shape index (κ3) is 3.16. The quantitative estimate of drug-likeness (QED) is 0.732. The van der Waals surface area contributed by atoms with Crippen LogP contribution in [0.2, 0.25) is 0 Å². The molecule has 0 saturated carbocycles. The van der Waals surface area contributed by atoms with E-state index in [1.807, 2.05) is 24.4 Å². The molecule has 2 aromatic heterocycles. The molecule has 1 atom stereocenters. The normalized spacial score (nSPS) is 16.9. The number of nitrogens with one attached hydrogen (secondary N) is 2. The molecule has 1 aliphatic carbocycles. The minimum absolute atomic E-state index is 0.0904. The second-order valence-electron chi connectivity index (χ2n) is 8.15. The molecule has 2 N–H and O–H groups in total. The van der Waals surface area contributed by atoms with Crippen LogP contribution in [0, 0.1) is 0 Å². The average molecular weight is 364 g/mol. The van der Waals surface area contributed by atoms with Crippen LogP contribution in [0.25, 0.3) is 10.8 Å². The van der Waals surface area contributed by atoms with E-state index in [9.17, 15) is 9.59 Å². The summed E-state index contributed by atoms with van der Waals surface area (Å²) in [7, 11) is 0. The number of hydrogen-bond acceptors (Lipinski definition) is 3. The molecule has 4 rings (SSSR count). The summed E-state index contributed by atoms with van der Waals surface area (Å²) in [6.07, 6.45) is 4.69. The summed E-state index contributed by atoms with van der Waals surface area (Å²) >= 11 is 0. The number of rotatable bonds is 2. The Balaban J connectivity index is 1.64. The first kappa shape index (κ1) is 17.5. The number of carbonyl (C=O) groups is 1. The first-order valence-corrected chi connectivity index (χ1v) is 9.35. The van der Waals surface area contributed by atoms with Crippen LogP contribution in [0.15, 0.2) is 41.3 Å². The van der Waals surface area contributed by atoms with Gasteiger partial charge >= 0.3 is 0 Å². The van der Waals surface area contributed by atoms with Gasteiger partial charge in [0.1, 0.15) is 5.69 Å². The first-order chi connectivity index (χ1) is 12.8. The predicted octanol–water partition coefficient (Wildman–Crippen LogP) is 3.29. The number of benzene rings is 1. The van der Waals surface area contributed by atoms with Crippen molar-refractivity contribution in [3.8, 4) is 0 Å². The van der Waals surface area contributed by atoms with Crippen molar-refractivity contribution in [3.05, 3.63) is 63.8 Å². The molecule has 3 aromatic rings. The molecule has 140 valence electrons. The molecule has 2 heterocycles. The van der Waals surface area contributed by atoms with Crippen molar-refractivity contribution >= 4 is 16.7 Å². The van der Waals surface area contributed by atoms with E-state index in [-0.39, 0.29) is 28.7 Å². The molecule has 1 aliphatic rings. The molecular weight excluding hydrogens is 340 g/mol. The van der Waals surface area contributed by atoms with E-state index in [0.717, 1.165) is 30.2 Å². The van der Waals surface area contributed by atoms with Crippen LogP contribution < -0.4 is 10.9 Å². The minimum Gasteiger partial charge on any atom is -0.344 e. The van der Waals surface area contributed by atoms with Crippen LogP contribution in [-0.4, -0.2) is 20.7 Å². The Kier molecular flexibility index (Phi) is 4.13. The lowest BCUT2D eigenvalue weighted by atomic mass is 9.92. The zero-order valence-corrected chi connectivity index (χ0v) is 15.9. The second-order valence-corrected chi connectivity index (χ2v) is 8.15. The SMILES string of the molecule is CC(C)(C)n1ncc2c1CCC[C@H]2NC(=O)c1cc2ccccc2c(=O)[nH]1. The highest BCUT2D eigenvalue weighted by molar-refractivity contribution is 5.96. The van der Waals surface area contributed by atoms with Crippen molar-refractivity contribution in [3.63, 3.8) is 0 Å². The van der Waals surface area contributed by atoms with Crippen LogP contribution in [0.1, 0.15) is 61.4 Å². The molecule has 0 aliphatic heterocycles. The summed E-state index contributed by atoms with van der Waals surface area (Å²) < 4.78 is 2.05. The molecular formula is C21H24N4O2. The number of amides is 1. The Morgan fingerprint density at radius 1 is 1.30 bits per heavy atom. The summed E-state index contributed by atoms with van der Waals surface area (Å²) in [5, 5.41) is 8.99. The van der Waals surface area contributed by atoms with Crippen LogP contribution >= 0.6 is 0 Å². The van der Waals surface area contributed by atoms with Crippen molar-refractivity contribution in [1.82, 2.24) is 20.1 Å². The van der Waals surface area contributed by atoms with Gasteiger partial charge in [-0.15, -0.1) is 0 Å². The molecule has 1 amide bonds. The summed E-state index contributed by atoms with van der Waals surface area (Å²) in [6, 6.07) is 8.91. The van der Waals surface area contributed by atoms with Gasteiger partial charge in [-0.3, -0.25) is 14.3 Å². The van der Waals surface area contributed by atoms with E-state index >= 15 is 0 Å². The Bertz CT molecular complexity index is 1070. The molecule has 6 heteroatoms. The van der Waals surface area contributed by atoms with E-state index in [1.165, 1.54) is 5.69 Å². The molecule has 0 radical (unpaired) electrons.